The Morgan fingerprint density at radius 1 is 1.28 bits per heavy atom. The van der Waals surface area contributed by atoms with Gasteiger partial charge < -0.3 is 24.6 Å². The highest BCUT2D eigenvalue weighted by molar-refractivity contribution is 5.98. The van der Waals surface area contributed by atoms with Gasteiger partial charge in [0.2, 0.25) is 0 Å². The van der Waals surface area contributed by atoms with Crippen molar-refractivity contribution < 1.29 is 28.9 Å². The van der Waals surface area contributed by atoms with Crippen LogP contribution in [0, 0.1) is 0 Å². The molecule has 1 saturated heterocycles. The van der Waals surface area contributed by atoms with Gasteiger partial charge in [-0.3, -0.25) is 4.79 Å². The Bertz CT molecular complexity index is 647. The molecule has 1 aromatic carbocycles. The maximum atomic E-state index is 12.5. The van der Waals surface area contributed by atoms with Gasteiger partial charge in [-0.05, 0) is 43.9 Å². The molecule has 1 atom stereocenters. The van der Waals surface area contributed by atoms with Crippen LogP contribution in [0.1, 0.15) is 42.5 Å². The lowest BCUT2D eigenvalue weighted by molar-refractivity contribution is -0.144. The Hall–Kier alpha value is -2.28. The van der Waals surface area contributed by atoms with Gasteiger partial charge in [0.05, 0.1) is 19.8 Å². The fraction of sp³-hybridized carbons (Fsp3) is 0.556. The number of carboxylic acid groups (broad SMARTS) is 1. The molecule has 1 heterocycles. The summed E-state index contributed by atoms with van der Waals surface area (Å²) in [6, 6.07) is 4.89. The molecule has 7 nitrogen and oxygen atoms in total. The van der Waals surface area contributed by atoms with Crippen LogP contribution in [0.15, 0.2) is 18.2 Å². The van der Waals surface area contributed by atoms with Crippen molar-refractivity contribution in [2.45, 2.75) is 43.7 Å². The van der Waals surface area contributed by atoms with E-state index >= 15 is 0 Å². The molecule has 0 spiro atoms. The summed E-state index contributed by atoms with van der Waals surface area (Å²) in [6.07, 6.45) is 4.78. The third-order valence-electron chi connectivity index (χ3n) is 4.81. The van der Waals surface area contributed by atoms with Crippen molar-refractivity contribution in [2.24, 2.45) is 0 Å². The molecule has 1 saturated carbocycles. The molecule has 0 bridgehead atoms. The van der Waals surface area contributed by atoms with E-state index in [2.05, 4.69) is 5.32 Å². The number of amides is 1. The molecular weight excluding hydrogens is 326 g/mol. The SMILES string of the molecule is COc1cc(C(=O)NC2(C(=O)O)CCOC2)ccc1OC1CCCC1. The van der Waals surface area contributed by atoms with Crippen LogP contribution in [0.4, 0.5) is 0 Å². The van der Waals surface area contributed by atoms with Crippen LogP contribution >= 0.6 is 0 Å². The van der Waals surface area contributed by atoms with Crippen LogP contribution in [0.25, 0.3) is 0 Å². The van der Waals surface area contributed by atoms with Gasteiger partial charge in [-0.1, -0.05) is 0 Å². The first-order chi connectivity index (χ1) is 12.0. The Kier molecular flexibility index (Phi) is 5.13. The fourth-order valence-electron chi connectivity index (χ4n) is 3.27. The summed E-state index contributed by atoms with van der Waals surface area (Å²) >= 11 is 0. The lowest BCUT2D eigenvalue weighted by Crippen LogP contribution is -2.55. The Morgan fingerprint density at radius 3 is 2.64 bits per heavy atom. The molecule has 3 rings (SSSR count). The highest BCUT2D eigenvalue weighted by Crippen LogP contribution is 2.32. The minimum absolute atomic E-state index is 0.0336. The third-order valence-corrected chi connectivity index (χ3v) is 4.81. The molecule has 2 fully saturated rings. The van der Waals surface area contributed by atoms with E-state index in [4.69, 9.17) is 14.2 Å². The van der Waals surface area contributed by atoms with E-state index in [-0.39, 0.29) is 19.1 Å². The van der Waals surface area contributed by atoms with Gasteiger partial charge in [-0.2, -0.15) is 0 Å². The number of carboxylic acids is 1. The number of hydrogen-bond acceptors (Lipinski definition) is 5. The van der Waals surface area contributed by atoms with E-state index < -0.39 is 17.4 Å². The maximum absolute atomic E-state index is 12.5. The number of carbonyl (C=O) groups excluding carboxylic acids is 1. The van der Waals surface area contributed by atoms with Crippen LogP contribution in [0.5, 0.6) is 11.5 Å². The van der Waals surface area contributed by atoms with Crippen molar-refractivity contribution >= 4 is 11.9 Å². The van der Waals surface area contributed by atoms with Crippen molar-refractivity contribution in [2.75, 3.05) is 20.3 Å². The Morgan fingerprint density at radius 2 is 2.04 bits per heavy atom. The number of methoxy groups -OCH3 is 1. The summed E-state index contributed by atoms with van der Waals surface area (Å²) in [5.41, 5.74) is -1.05. The molecule has 1 aliphatic heterocycles. The standard InChI is InChI=1S/C18H23NO6/c1-23-15-10-12(6-7-14(15)25-13-4-2-3-5-13)16(20)19-18(17(21)22)8-9-24-11-18/h6-7,10,13H,2-5,8-9,11H2,1H3,(H,19,20)(H,21,22). The first-order valence-electron chi connectivity index (χ1n) is 8.52. The molecule has 2 aliphatic rings. The van der Waals surface area contributed by atoms with E-state index in [0.29, 0.717) is 23.7 Å². The molecule has 7 heteroatoms. The summed E-state index contributed by atoms with van der Waals surface area (Å²) in [5, 5.41) is 12.0. The summed E-state index contributed by atoms with van der Waals surface area (Å²) in [6.45, 7) is 0.276. The largest absolute Gasteiger partial charge is 0.493 e. The van der Waals surface area contributed by atoms with Crippen molar-refractivity contribution in [3.63, 3.8) is 0 Å². The lowest BCUT2D eigenvalue weighted by atomic mass is 9.98. The normalized spacial score (nSPS) is 23.4. The number of nitrogens with one attached hydrogen (secondary N) is 1. The van der Waals surface area contributed by atoms with Gasteiger partial charge in [0.1, 0.15) is 0 Å². The number of hydrogen-bond donors (Lipinski definition) is 2. The second-order valence-electron chi connectivity index (χ2n) is 6.53. The lowest BCUT2D eigenvalue weighted by Gasteiger charge is -2.24. The van der Waals surface area contributed by atoms with E-state index in [1.165, 1.54) is 7.11 Å². The molecular formula is C18H23NO6. The van der Waals surface area contributed by atoms with Crippen LogP contribution in [-0.4, -0.2) is 48.9 Å². The van der Waals surface area contributed by atoms with Crippen molar-refractivity contribution in [3.05, 3.63) is 23.8 Å². The summed E-state index contributed by atoms with van der Waals surface area (Å²) in [4.78, 5) is 24.0. The minimum Gasteiger partial charge on any atom is -0.493 e. The molecule has 25 heavy (non-hydrogen) atoms. The zero-order valence-electron chi connectivity index (χ0n) is 14.2. The first-order valence-corrected chi connectivity index (χ1v) is 8.52. The molecule has 1 amide bonds. The number of carbonyl (C=O) groups is 2. The summed E-state index contributed by atoms with van der Waals surface area (Å²) in [7, 11) is 1.52. The van der Waals surface area contributed by atoms with Crippen LogP contribution in [-0.2, 0) is 9.53 Å². The highest BCUT2D eigenvalue weighted by atomic mass is 16.5. The van der Waals surface area contributed by atoms with E-state index in [1.54, 1.807) is 18.2 Å². The van der Waals surface area contributed by atoms with Gasteiger partial charge >= 0.3 is 5.97 Å². The topological polar surface area (TPSA) is 94.1 Å². The predicted octanol–water partition coefficient (Wildman–Crippen LogP) is 1.99. The van der Waals surface area contributed by atoms with Gasteiger partial charge in [0.25, 0.3) is 5.91 Å². The third kappa shape index (κ3) is 3.71. The monoisotopic (exact) mass is 349 g/mol. The van der Waals surface area contributed by atoms with Crippen LogP contribution < -0.4 is 14.8 Å². The molecule has 2 N–H and O–H groups in total. The van der Waals surface area contributed by atoms with Crippen LogP contribution in [0.2, 0.25) is 0 Å². The quantitative estimate of drug-likeness (QED) is 0.816. The van der Waals surface area contributed by atoms with Crippen molar-refractivity contribution in [1.82, 2.24) is 5.32 Å². The number of ether oxygens (including phenoxy) is 3. The van der Waals surface area contributed by atoms with Gasteiger partial charge in [-0.15, -0.1) is 0 Å². The van der Waals surface area contributed by atoms with E-state index in [1.807, 2.05) is 0 Å². The molecule has 0 radical (unpaired) electrons. The second-order valence-corrected chi connectivity index (χ2v) is 6.53. The number of aliphatic carboxylic acids is 1. The summed E-state index contributed by atoms with van der Waals surface area (Å²) < 4.78 is 16.5. The zero-order chi connectivity index (χ0) is 17.9. The van der Waals surface area contributed by atoms with E-state index in [0.717, 1.165) is 25.7 Å². The van der Waals surface area contributed by atoms with Crippen molar-refractivity contribution in [1.29, 1.82) is 0 Å². The first kappa shape index (κ1) is 17.5. The Balaban J connectivity index is 1.75. The molecule has 0 aromatic heterocycles. The number of rotatable bonds is 6. The minimum atomic E-state index is -1.37. The average Bonchev–Trinajstić information content (AvgIpc) is 3.27. The molecule has 1 aliphatic carbocycles. The Labute approximate surface area is 146 Å². The summed E-state index contributed by atoms with van der Waals surface area (Å²) in [5.74, 6) is -0.500. The van der Waals surface area contributed by atoms with Gasteiger partial charge in [0.15, 0.2) is 17.0 Å². The smallest absolute Gasteiger partial charge is 0.331 e. The number of benzene rings is 1. The molecule has 1 aromatic rings. The average molecular weight is 349 g/mol. The molecule has 136 valence electrons. The van der Waals surface area contributed by atoms with Gasteiger partial charge in [0, 0.05) is 18.6 Å². The van der Waals surface area contributed by atoms with Crippen LogP contribution in [0.3, 0.4) is 0 Å². The zero-order valence-corrected chi connectivity index (χ0v) is 14.2. The van der Waals surface area contributed by atoms with E-state index in [9.17, 15) is 14.7 Å². The molecule has 1 unspecified atom stereocenters. The predicted molar refractivity (Wildman–Crippen MR) is 89.1 cm³/mol. The van der Waals surface area contributed by atoms with Crippen molar-refractivity contribution in [3.8, 4) is 11.5 Å². The van der Waals surface area contributed by atoms with Gasteiger partial charge in [-0.25, -0.2) is 4.79 Å². The highest BCUT2D eigenvalue weighted by Gasteiger charge is 2.44. The fourth-order valence-corrected chi connectivity index (χ4v) is 3.27. The second kappa shape index (κ2) is 7.31. The maximum Gasteiger partial charge on any atom is 0.331 e.